The summed E-state index contributed by atoms with van der Waals surface area (Å²) in [5, 5.41) is 19.8. The van der Waals surface area contributed by atoms with Crippen LogP contribution in [0.3, 0.4) is 0 Å². The van der Waals surface area contributed by atoms with E-state index in [1.165, 1.54) is 0 Å². The van der Waals surface area contributed by atoms with E-state index in [4.69, 9.17) is 9.47 Å². The van der Waals surface area contributed by atoms with Gasteiger partial charge >= 0.3 is 0 Å². The highest BCUT2D eigenvalue weighted by Gasteiger charge is 2.41. The number of para-hydroxylation sites is 1. The minimum Gasteiger partial charge on any atom is -0.396 e. The van der Waals surface area contributed by atoms with Gasteiger partial charge in [-0.25, -0.2) is 8.42 Å². The average Bonchev–Trinajstić information content (AvgIpc) is 3.08. The molecule has 4 atom stereocenters. The molecule has 0 saturated carbocycles. The van der Waals surface area contributed by atoms with Crippen molar-refractivity contribution in [2.75, 3.05) is 22.8 Å². The summed E-state index contributed by atoms with van der Waals surface area (Å²) in [5.41, 5.74) is 4.22. The van der Waals surface area contributed by atoms with Gasteiger partial charge in [0.15, 0.2) is 6.29 Å². The number of aliphatic hydroxyl groups is 2. The molecule has 0 bridgehead atoms. The van der Waals surface area contributed by atoms with Gasteiger partial charge in [0.05, 0.1) is 30.9 Å². The number of aromatic nitrogens is 1. The maximum absolute atomic E-state index is 13.5. The largest absolute Gasteiger partial charge is 0.396 e. The minimum atomic E-state index is -3.96. The van der Waals surface area contributed by atoms with Crippen molar-refractivity contribution in [1.29, 1.82) is 0 Å². The van der Waals surface area contributed by atoms with E-state index in [2.05, 4.69) is 21.8 Å². The first-order chi connectivity index (χ1) is 22.0. The molecule has 6 rings (SSSR count). The normalized spacial score (nSPS) is 20.2. The van der Waals surface area contributed by atoms with Crippen LogP contribution < -0.4 is 4.72 Å². The van der Waals surface area contributed by atoms with E-state index in [-0.39, 0.29) is 30.1 Å². The van der Waals surface area contributed by atoms with Crippen molar-refractivity contribution in [1.82, 2.24) is 4.98 Å². The number of hydrogen-bond donors (Lipinski definition) is 3. The van der Waals surface area contributed by atoms with Crippen LogP contribution >= 0.6 is 11.8 Å². The molecule has 5 aromatic rings. The molecule has 1 fully saturated rings. The number of pyridine rings is 1. The summed E-state index contributed by atoms with van der Waals surface area (Å²) in [7, 11) is -3.96. The summed E-state index contributed by atoms with van der Waals surface area (Å²) in [4.78, 5) is 4.40. The highest BCUT2D eigenvalue weighted by atomic mass is 32.2. The summed E-state index contributed by atoms with van der Waals surface area (Å²) in [6.07, 6.45) is 0.0924. The molecule has 0 aliphatic carbocycles. The number of anilines is 1. The quantitative estimate of drug-likeness (QED) is 0.146. The molecule has 4 aromatic carbocycles. The highest BCUT2D eigenvalue weighted by Crippen LogP contribution is 2.47. The lowest BCUT2D eigenvalue weighted by atomic mass is 9.84. The fraction of sp³-hybridized carbons (Fsp3) is 0.229. The van der Waals surface area contributed by atoms with Crippen molar-refractivity contribution in [2.45, 2.75) is 35.9 Å². The molecule has 45 heavy (non-hydrogen) atoms. The van der Waals surface area contributed by atoms with Gasteiger partial charge in [0, 0.05) is 40.3 Å². The molecule has 1 aliphatic rings. The summed E-state index contributed by atoms with van der Waals surface area (Å²) in [6.45, 7) is 0.00535. The monoisotopic (exact) mass is 642 g/mol. The molecule has 10 heteroatoms. The standard InChI is InChI=1S/C35H34N2O6S2/c38-19-20-44-23-30-32(25-7-2-1-3-8-25)34(27-16-14-24(22-39)15-17-27)43-35(42-30)28-10-4-12-29(21-28)37-45(40,41)31-13-5-9-26-11-6-18-36-33(26)31/h1-18,21,30,32,34-35,37-39H,19-20,22-23H2/t30-,32-,34+,35?/m1/s1. The summed E-state index contributed by atoms with van der Waals surface area (Å²) >= 11 is 1.61. The number of thioether (sulfide) groups is 1. The van der Waals surface area contributed by atoms with Crippen molar-refractivity contribution >= 4 is 38.4 Å². The molecule has 232 valence electrons. The number of aliphatic hydroxyl groups excluding tert-OH is 2. The number of fused-ring (bicyclic) bond motifs is 1. The molecule has 1 aromatic heterocycles. The van der Waals surface area contributed by atoms with Gasteiger partial charge in [-0.2, -0.15) is 11.8 Å². The van der Waals surface area contributed by atoms with Crippen molar-refractivity contribution in [3.8, 4) is 0 Å². The van der Waals surface area contributed by atoms with Gasteiger partial charge in [-0.15, -0.1) is 0 Å². The first-order valence-corrected chi connectivity index (χ1v) is 17.3. The van der Waals surface area contributed by atoms with Crippen molar-refractivity contribution in [3.63, 3.8) is 0 Å². The van der Waals surface area contributed by atoms with E-state index in [1.807, 2.05) is 60.7 Å². The minimum absolute atomic E-state index is 0.0579. The summed E-state index contributed by atoms with van der Waals surface area (Å²) in [5.74, 6) is 1.03. The molecule has 8 nitrogen and oxygen atoms in total. The van der Waals surface area contributed by atoms with Crippen LogP contribution in [0.15, 0.2) is 120 Å². The predicted molar refractivity (Wildman–Crippen MR) is 176 cm³/mol. The molecule has 1 aliphatic heterocycles. The third kappa shape index (κ3) is 7.06. The Hall–Kier alpha value is -3.77. The lowest BCUT2D eigenvalue weighted by Crippen LogP contribution is -2.38. The highest BCUT2D eigenvalue weighted by molar-refractivity contribution is 7.99. The van der Waals surface area contributed by atoms with Gasteiger partial charge in [0.25, 0.3) is 10.0 Å². The Balaban J connectivity index is 1.34. The smallest absolute Gasteiger partial charge is 0.264 e. The van der Waals surface area contributed by atoms with Crippen molar-refractivity contribution in [3.05, 3.63) is 138 Å². The Morgan fingerprint density at radius 1 is 0.800 bits per heavy atom. The maximum Gasteiger partial charge on any atom is 0.264 e. The molecule has 0 radical (unpaired) electrons. The number of hydrogen-bond acceptors (Lipinski definition) is 8. The van der Waals surface area contributed by atoms with E-state index in [1.54, 1.807) is 54.4 Å². The number of nitrogens with one attached hydrogen (secondary N) is 1. The van der Waals surface area contributed by atoms with Crippen LogP contribution in [-0.4, -0.2) is 47.8 Å². The maximum atomic E-state index is 13.5. The zero-order valence-electron chi connectivity index (χ0n) is 24.4. The lowest BCUT2D eigenvalue weighted by Gasteiger charge is -2.43. The zero-order valence-corrected chi connectivity index (χ0v) is 26.0. The van der Waals surface area contributed by atoms with E-state index >= 15 is 0 Å². The summed E-state index contributed by atoms with van der Waals surface area (Å²) < 4.78 is 43.2. The zero-order chi connectivity index (χ0) is 31.2. The first-order valence-electron chi connectivity index (χ1n) is 14.7. The molecule has 3 N–H and O–H groups in total. The molecular formula is C35H34N2O6S2. The fourth-order valence-electron chi connectivity index (χ4n) is 5.67. The second-order valence-electron chi connectivity index (χ2n) is 10.8. The third-order valence-electron chi connectivity index (χ3n) is 7.78. The molecule has 1 saturated heterocycles. The van der Waals surface area contributed by atoms with E-state index in [0.29, 0.717) is 28.3 Å². The fourth-order valence-corrected chi connectivity index (χ4v) is 7.71. The topological polar surface area (TPSA) is 118 Å². The molecular weight excluding hydrogens is 609 g/mol. The second-order valence-corrected chi connectivity index (χ2v) is 13.6. The third-order valence-corrected chi connectivity index (χ3v) is 10.2. The van der Waals surface area contributed by atoms with Gasteiger partial charge in [0.1, 0.15) is 4.90 Å². The number of benzene rings is 4. The van der Waals surface area contributed by atoms with Crippen LogP contribution in [0, 0.1) is 0 Å². The van der Waals surface area contributed by atoms with Gasteiger partial charge in [0.2, 0.25) is 0 Å². The Kier molecular flexibility index (Phi) is 9.79. The molecule has 0 amide bonds. The van der Waals surface area contributed by atoms with Crippen LogP contribution in [0.4, 0.5) is 5.69 Å². The Labute approximate surface area is 267 Å². The van der Waals surface area contributed by atoms with Gasteiger partial charge in [-0.05, 0) is 41.0 Å². The molecule has 0 spiro atoms. The molecule has 1 unspecified atom stereocenters. The van der Waals surface area contributed by atoms with Crippen LogP contribution in [-0.2, 0) is 26.1 Å². The van der Waals surface area contributed by atoms with Crippen LogP contribution in [0.1, 0.15) is 40.6 Å². The van der Waals surface area contributed by atoms with Gasteiger partial charge in [-0.3, -0.25) is 9.71 Å². The predicted octanol–water partition coefficient (Wildman–Crippen LogP) is 6.19. The lowest BCUT2D eigenvalue weighted by molar-refractivity contribution is -0.255. The average molecular weight is 643 g/mol. The second kappa shape index (κ2) is 14.1. The number of ether oxygens (including phenoxy) is 2. The number of sulfonamides is 1. The van der Waals surface area contributed by atoms with E-state index < -0.39 is 22.4 Å². The van der Waals surface area contributed by atoms with Gasteiger partial charge in [-0.1, -0.05) is 84.9 Å². The van der Waals surface area contributed by atoms with Gasteiger partial charge < -0.3 is 19.7 Å². The number of rotatable bonds is 11. The Morgan fingerprint density at radius 3 is 2.33 bits per heavy atom. The Morgan fingerprint density at radius 2 is 1.56 bits per heavy atom. The SMILES string of the molecule is O=S(=O)(Nc1cccc(C2O[C@H](CSCCO)[C@@H](c3ccccc3)[C@H](c3ccc(CO)cc3)O2)c1)c1cccc2cccnc12. The number of nitrogens with zero attached hydrogens (tertiary/aromatic N) is 1. The van der Waals surface area contributed by atoms with E-state index in [0.717, 1.165) is 22.1 Å². The van der Waals surface area contributed by atoms with Crippen LogP contribution in [0.5, 0.6) is 0 Å². The summed E-state index contributed by atoms with van der Waals surface area (Å²) in [6, 6.07) is 33.5. The first kappa shape index (κ1) is 31.2. The van der Waals surface area contributed by atoms with Crippen LogP contribution in [0.2, 0.25) is 0 Å². The van der Waals surface area contributed by atoms with Crippen LogP contribution in [0.25, 0.3) is 10.9 Å². The molecule has 2 heterocycles. The Bertz CT molecular complexity index is 1830. The van der Waals surface area contributed by atoms with Crippen molar-refractivity contribution < 1.29 is 28.1 Å². The van der Waals surface area contributed by atoms with E-state index in [9.17, 15) is 18.6 Å². The van der Waals surface area contributed by atoms with Crippen molar-refractivity contribution in [2.24, 2.45) is 0 Å².